The molecule has 1 aromatic heterocycles. The summed E-state index contributed by atoms with van der Waals surface area (Å²) in [5, 5.41) is 0.843. The van der Waals surface area contributed by atoms with Crippen LogP contribution in [0.4, 0.5) is 0 Å². The van der Waals surface area contributed by atoms with Crippen molar-refractivity contribution >= 4 is 17.5 Å². The van der Waals surface area contributed by atoms with Crippen LogP contribution in [0.25, 0.3) is 0 Å². The SMILES string of the molecule is CC(=O)CSc1ccncn1. The van der Waals surface area contributed by atoms with Crippen LogP contribution in [-0.4, -0.2) is 21.5 Å². The van der Waals surface area contributed by atoms with Crippen LogP contribution in [0.3, 0.4) is 0 Å². The van der Waals surface area contributed by atoms with Crippen molar-refractivity contribution < 1.29 is 4.79 Å². The molecule has 0 aliphatic carbocycles. The molecule has 0 saturated carbocycles. The zero-order valence-electron chi connectivity index (χ0n) is 6.15. The molecular weight excluding hydrogens is 160 g/mol. The number of hydrogen-bond acceptors (Lipinski definition) is 4. The number of hydrogen-bond donors (Lipinski definition) is 0. The third-order valence-corrected chi connectivity index (χ3v) is 2.07. The number of nitrogens with zero attached hydrogens (tertiary/aromatic N) is 2. The van der Waals surface area contributed by atoms with Crippen molar-refractivity contribution in [3.63, 3.8) is 0 Å². The predicted octanol–water partition coefficient (Wildman–Crippen LogP) is 1.16. The first-order chi connectivity index (χ1) is 5.29. The Balaban J connectivity index is 2.45. The van der Waals surface area contributed by atoms with Gasteiger partial charge in [0.15, 0.2) is 0 Å². The van der Waals surface area contributed by atoms with Gasteiger partial charge in [-0.15, -0.1) is 0 Å². The summed E-state index contributed by atoms with van der Waals surface area (Å²) in [6.07, 6.45) is 3.14. The second-order valence-electron chi connectivity index (χ2n) is 2.04. The van der Waals surface area contributed by atoms with Crippen LogP contribution < -0.4 is 0 Å². The summed E-state index contributed by atoms with van der Waals surface area (Å²) >= 11 is 1.43. The second-order valence-corrected chi connectivity index (χ2v) is 3.03. The van der Waals surface area contributed by atoms with E-state index < -0.39 is 0 Å². The highest BCUT2D eigenvalue weighted by Crippen LogP contribution is 2.12. The number of aromatic nitrogens is 2. The zero-order valence-corrected chi connectivity index (χ0v) is 6.97. The molecule has 0 bridgehead atoms. The first-order valence-corrected chi connectivity index (χ1v) is 4.16. The van der Waals surface area contributed by atoms with Gasteiger partial charge in [0.05, 0.1) is 10.8 Å². The quantitative estimate of drug-likeness (QED) is 0.501. The topological polar surface area (TPSA) is 42.9 Å². The lowest BCUT2D eigenvalue weighted by molar-refractivity contribution is -0.114. The van der Waals surface area contributed by atoms with Gasteiger partial charge in [0.2, 0.25) is 0 Å². The van der Waals surface area contributed by atoms with Crippen molar-refractivity contribution in [1.29, 1.82) is 0 Å². The monoisotopic (exact) mass is 168 g/mol. The van der Waals surface area contributed by atoms with Crippen molar-refractivity contribution in [2.24, 2.45) is 0 Å². The maximum atomic E-state index is 10.6. The van der Waals surface area contributed by atoms with E-state index in [1.54, 1.807) is 19.2 Å². The van der Waals surface area contributed by atoms with Gasteiger partial charge >= 0.3 is 0 Å². The Morgan fingerprint density at radius 2 is 2.55 bits per heavy atom. The average Bonchev–Trinajstić information content (AvgIpc) is 2.03. The summed E-state index contributed by atoms with van der Waals surface area (Å²) in [5.74, 6) is 0.644. The molecule has 0 aromatic carbocycles. The first-order valence-electron chi connectivity index (χ1n) is 3.17. The van der Waals surface area contributed by atoms with Gasteiger partial charge < -0.3 is 0 Å². The van der Waals surface area contributed by atoms with E-state index in [0.717, 1.165) is 5.03 Å². The molecule has 4 heteroatoms. The van der Waals surface area contributed by atoms with Gasteiger partial charge in [-0.2, -0.15) is 0 Å². The van der Waals surface area contributed by atoms with Crippen molar-refractivity contribution in [3.05, 3.63) is 18.6 Å². The maximum absolute atomic E-state index is 10.6. The highest BCUT2D eigenvalue weighted by molar-refractivity contribution is 7.99. The largest absolute Gasteiger partial charge is 0.299 e. The Hall–Kier alpha value is -0.900. The summed E-state index contributed by atoms with van der Waals surface area (Å²) in [4.78, 5) is 18.3. The number of thioether (sulfide) groups is 1. The lowest BCUT2D eigenvalue weighted by Crippen LogP contribution is -1.93. The minimum absolute atomic E-state index is 0.161. The number of Topliss-reactive ketones (excluding diaryl/α,β-unsaturated/α-hetero) is 1. The van der Waals surface area contributed by atoms with E-state index >= 15 is 0 Å². The van der Waals surface area contributed by atoms with Gasteiger partial charge in [-0.1, -0.05) is 11.8 Å². The van der Waals surface area contributed by atoms with Gasteiger partial charge in [0, 0.05) is 6.20 Å². The summed E-state index contributed by atoms with van der Waals surface area (Å²) in [5.41, 5.74) is 0. The van der Waals surface area contributed by atoms with E-state index in [1.807, 2.05) is 0 Å². The van der Waals surface area contributed by atoms with Crippen LogP contribution in [0, 0.1) is 0 Å². The molecule has 0 atom stereocenters. The van der Waals surface area contributed by atoms with Crippen molar-refractivity contribution in [1.82, 2.24) is 9.97 Å². The van der Waals surface area contributed by atoms with E-state index in [2.05, 4.69) is 9.97 Å². The first kappa shape index (κ1) is 8.20. The Morgan fingerprint density at radius 1 is 1.73 bits per heavy atom. The molecule has 0 spiro atoms. The van der Waals surface area contributed by atoms with Gasteiger partial charge in [0.1, 0.15) is 12.1 Å². The Kier molecular flexibility index (Phi) is 3.04. The van der Waals surface area contributed by atoms with E-state index in [-0.39, 0.29) is 5.78 Å². The zero-order chi connectivity index (χ0) is 8.10. The molecular formula is C7H8N2OS. The number of carbonyl (C=O) groups excluding carboxylic acids is 1. The van der Waals surface area contributed by atoms with Crippen LogP contribution in [0.15, 0.2) is 23.6 Å². The van der Waals surface area contributed by atoms with Crippen LogP contribution in [0.1, 0.15) is 6.92 Å². The molecule has 0 radical (unpaired) electrons. The number of ketones is 1. The Bertz CT molecular complexity index is 237. The van der Waals surface area contributed by atoms with Gasteiger partial charge in [0.25, 0.3) is 0 Å². The maximum Gasteiger partial charge on any atom is 0.140 e. The summed E-state index contributed by atoms with van der Waals surface area (Å²) < 4.78 is 0. The summed E-state index contributed by atoms with van der Waals surface area (Å²) in [6, 6.07) is 1.79. The van der Waals surface area contributed by atoms with Crippen LogP contribution >= 0.6 is 11.8 Å². The van der Waals surface area contributed by atoms with E-state index in [1.165, 1.54) is 18.1 Å². The molecule has 1 rings (SSSR count). The lowest BCUT2D eigenvalue weighted by Gasteiger charge is -1.94. The molecule has 11 heavy (non-hydrogen) atoms. The summed E-state index contributed by atoms with van der Waals surface area (Å²) in [6.45, 7) is 1.56. The van der Waals surface area contributed by atoms with Crippen molar-refractivity contribution in [2.45, 2.75) is 11.9 Å². The van der Waals surface area contributed by atoms with Crippen LogP contribution in [-0.2, 0) is 4.79 Å². The summed E-state index contributed by atoms with van der Waals surface area (Å²) in [7, 11) is 0. The Labute approximate surface area is 69.3 Å². The Morgan fingerprint density at radius 3 is 3.09 bits per heavy atom. The molecule has 3 nitrogen and oxygen atoms in total. The van der Waals surface area contributed by atoms with Crippen LogP contribution in [0.2, 0.25) is 0 Å². The predicted molar refractivity (Wildman–Crippen MR) is 43.4 cm³/mol. The van der Waals surface area contributed by atoms with E-state index in [0.29, 0.717) is 5.75 Å². The van der Waals surface area contributed by atoms with Gasteiger partial charge in [-0.3, -0.25) is 4.79 Å². The third-order valence-electron chi connectivity index (χ3n) is 0.978. The standard InChI is InChI=1S/C7H8N2OS/c1-6(10)4-11-7-2-3-8-5-9-7/h2-3,5H,4H2,1H3. The fourth-order valence-corrected chi connectivity index (χ4v) is 1.17. The van der Waals surface area contributed by atoms with Gasteiger partial charge in [-0.25, -0.2) is 9.97 Å². The highest BCUT2D eigenvalue weighted by atomic mass is 32.2. The molecule has 0 aliphatic rings. The van der Waals surface area contributed by atoms with Crippen molar-refractivity contribution in [3.8, 4) is 0 Å². The van der Waals surface area contributed by atoms with Crippen LogP contribution in [0.5, 0.6) is 0 Å². The molecule has 0 aliphatic heterocycles. The minimum Gasteiger partial charge on any atom is -0.299 e. The van der Waals surface area contributed by atoms with E-state index in [4.69, 9.17) is 0 Å². The number of rotatable bonds is 3. The molecule has 0 unspecified atom stereocenters. The lowest BCUT2D eigenvalue weighted by atomic mass is 10.5. The minimum atomic E-state index is 0.161. The molecule has 0 fully saturated rings. The molecule has 1 aromatic rings. The fourth-order valence-electron chi connectivity index (χ4n) is 0.540. The molecule has 58 valence electrons. The molecule has 0 N–H and O–H groups in total. The molecule has 1 heterocycles. The third kappa shape index (κ3) is 3.13. The van der Waals surface area contributed by atoms with Crippen molar-refractivity contribution in [2.75, 3.05) is 5.75 Å². The normalized spacial score (nSPS) is 9.55. The van der Waals surface area contributed by atoms with E-state index in [9.17, 15) is 4.79 Å². The average molecular weight is 168 g/mol. The van der Waals surface area contributed by atoms with Gasteiger partial charge in [-0.05, 0) is 13.0 Å². The molecule has 0 saturated heterocycles. The fraction of sp³-hybridized carbons (Fsp3) is 0.286. The number of carbonyl (C=O) groups is 1. The highest BCUT2D eigenvalue weighted by Gasteiger charge is 1.96. The second kappa shape index (κ2) is 4.08. The molecule has 0 amide bonds. The smallest absolute Gasteiger partial charge is 0.140 e.